The van der Waals surface area contributed by atoms with Crippen molar-refractivity contribution >= 4 is 22.8 Å². The molecule has 0 bridgehead atoms. The standard InChI is InChI=1S/C27H31N7O3/c1-2-23-22-7-8-24(29-26(22)34(30-23)21-10-17-37-18-11-21)25-9-12-28-33(25)20-5-3-19(4-6-20)31-13-15-32(16-14-31)27(35)36/h3-9,12,21H,2,10-11,13-18H2,1H3,(H,35,36). The minimum atomic E-state index is -0.852. The zero-order chi connectivity index (χ0) is 25.4. The fourth-order valence-corrected chi connectivity index (χ4v) is 5.33. The van der Waals surface area contributed by atoms with E-state index in [1.54, 1.807) is 6.20 Å². The third-order valence-corrected chi connectivity index (χ3v) is 7.42. The van der Waals surface area contributed by atoms with Crippen LogP contribution in [0.25, 0.3) is 28.1 Å². The van der Waals surface area contributed by atoms with E-state index in [4.69, 9.17) is 14.8 Å². The molecule has 2 aliphatic heterocycles. The number of carboxylic acid groups (broad SMARTS) is 1. The Balaban J connectivity index is 1.29. The Hall–Kier alpha value is -3.92. The molecule has 37 heavy (non-hydrogen) atoms. The second kappa shape index (κ2) is 9.85. The molecule has 10 heteroatoms. The lowest BCUT2D eigenvalue weighted by molar-refractivity contribution is 0.0672. The quantitative estimate of drug-likeness (QED) is 0.441. The van der Waals surface area contributed by atoms with Crippen LogP contribution in [0.2, 0.25) is 0 Å². The molecule has 4 aromatic rings. The molecule has 6 rings (SSSR count). The lowest BCUT2D eigenvalue weighted by atomic mass is 10.1. The molecule has 0 saturated carbocycles. The number of hydrogen-bond donors (Lipinski definition) is 1. The number of benzene rings is 1. The first-order valence-electron chi connectivity index (χ1n) is 13.0. The van der Waals surface area contributed by atoms with Crippen molar-refractivity contribution in [2.75, 3.05) is 44.3 Å². The number of hydrogen-bond acceptors (Lipinski definition) is 6. The molecule has 10 nitrogen and oxygen atoms in total. The minimum Gasteiger partial charge on any atom is -0.465 e. The molecule has 2 fully saturated rings. The summed E-state index contributed by atoms with van der Waals surface area (Å²) in [5.41, 5.74) is 5.80. The summed E-state index contributed by atoms with van der Waals surface area (Å²) in [4.78, 5) is 20.0. The summed E-state index contributed by atoms with van der Waals surface area (Å²) in [6, 6.07) is 14.7. The van der Waals surface area contributed by atoms with Gasteiger partial charge in [0.05, 0.1) is 35.0 Å². The van der Waals surface area contributed by atoms with Crippen LogP contribution >= 0.6 is 0 Å². The third kappa shape index (κ3) is 4.42. The van der Waals surface area contributed by atoms with Gasteiger partial charge >= 0.3 is 6.09 Å². The van der Waals surface area contributed by atoms with Gasteiger partial charge in [0.2, 0.25) is 0 Å². The first-order chi connectivity index (χ1) is 18.1. The van der Waals surface area contributed by atoms with Crippen LogP contribution in [0.4, 0.5) is 10.5 Å². The summed E-state index contributed by atoms with van der Waals surface area (Å²) in [7, 11) is 0. The van der Waals surface area contributed by atoms with Gasteiger partial charge in [0.15, 0.2) is 5.65 Å². The largest absolute Gasteiger partial charge is 0.465 e. The molecule has 1 amide bonds. The van der Waals surface area contributed by atoms with Crippen LogP contribution in [0.5, 0.6) is 0 Å². The monoisotopic (exact) mass is 501 g/mol. The number of amides is 1. The number of aryl methyl sites for hydroxylation is 1. The number of fused-ring (bicyclic) bond motifs is 1. The highest BCUT2D eigenvalue weighted by molar-refractivity contribution is 5.81. The zero-order valence-electron chi connectivity index (χ0n) is 21.0. The van der Waals surface area contributed by atoms with Gasteiger partial charge in [0.1, 0.15) is 0 Å². The van der Waals surface area contributed by atoms with E-state index in [2.05, 4.69) is 58.0 Å². The predicted molar refractivity (Wildman–Crippen MR) is 140 cm³/mol. The van der Waals surface area contributed by atoms with Gasteiger partial charge in [-0.25, -0.2) is 19.1 Å². The van der Waals surface area contributed by atoms with Gasteiger partial charge in [0.25, 0.3) is 0 Å². The van der Waals surface area contributed by atoms with Gasteiger partial charge in [-0.3, -0.25) is 0 Å². The highest BCUT2D eigenvalue weighted by Crippen LogP contribution is 2.30. The Morgan fingerprint density at radius 1 is 1.00 bits per heavy atom. The van der Waals surface area contributed by atoms with Gasteiger partial charge in [-0.1, -0.05) is 6.92 Å². The highest BCUT2D eigenvalue weighted by Gasteiger charge is 2.23. The number of anilines is 1. The van der Waals surface area contributed by atoms with E-state index in [1.165, 1.54) is 4.90 Å². The van der Waals surface area contributed by atoms with E-state index in [-0.39, 0.29) is 0 Å². The summed E-state index contributed by atoms with van der Waals surface area (Å²) < 4.78 is 9.60. The van der Waals surface area contributed by atoms with E-state index in [1.807, 2.05) is 10.7 Å². The van der Waals surface area contributed by atoms with Crippen LogP contribution in [-0.4, -0.2) is 80.0 Å². The maximum absolute atomic E-state index is 11.2. The minimum absolute atomic E-state index is 0.300. The smallest absolute Gasteiger partial charge is 0.407 e. The zero-order valence-corrected chi connectivity index (χ0v) is 21.0. The lowest BCUT2D eigenvalue weighted by Gasteiger charge is -2.34. The number of ether oxygens (including phenoxy) is 1. The molecule has 192 valence electrons. The topological polar surface area (TPSA) is 102 Å². The second-order valence-corrected chi connectivity index (χ2v) is 9.56. The molecule has 5 heterocycles. The van der Waals surface area contributed by atoms with Crippen molar-refractivity contribution in [2.45, 2.75) is 32.2 Å². The normalized spacial score (nSPS) is 17.0. The highest BCUT2D eigenvalue weighted by atomic mass is 16.5. The summed E-state index contributed by atoms with van der Waals surface area (Å²) in [5.74, 6) is 0. The first kappa shape index (κ1) is 23.5. The van der Waals surface area contributed by atoms with E-state index in [9.17, 15) is 9.90 Å². The van der Waals surface area contributed by atoms with Crippen LogP contribution in [0.1, 0.15) is 31.5 Å². The van der Waals surface area contributed by atoms with E-state index < -0.39 is 6.09 Å². The van der Waals surface area contributed by atoms with Gasteiger partial charge in [0, 0.05) is 50.5 Å². The summed E-state index contributed by atoms with van der Waals surface area (Å²) >= 11 is 0. The number of aromatic nitrogens is 5. The van der Waals surface area contributed by atoms with Gasteiger partial charge in [-0.2, -0.15) is 10.2 Å². The average Bonchev–Trinajstić information content (AvgIpc) is 3.58. The Morgan fingerprint density at radius 3 is 2.43 bits per heavy atom. The van der Waals surface area contributed by atoms with E-state index in [0.29, 0.717) is 32.2 Å². The molecule has 0 spiro atoms. The predicted octanol–water partition coefficient (Wildman–Crippen LogP) is 4.00. The summed E-state index contributed by atoms with van der Waals surface area (Å²) in [6.45, 7) is 6.04. The molecule has 0 aliphatic carbocycles. The number of nitrogens with zero attached hydrogens (tertiary/aromatic N) is 7. The Labute approximate surface area is 215 Å². The number of rotatable bonds is 5. The fourth-order valence-electron chi connectivity index (χ4n) is 5.33. The molecular formula is C27H31N7O3. The summed E-state index contributed by atoms with van der Waals surface area (Å²) in [6.07, 6.45) is 3.70. The van der Waals surface area contributed by atoms with Crippen LogP contribution in [0.3, 0.4) is 0 Å². The van der Waals surface area contributed by atoms with Crippen molar-refractivity contribution in [3.05, 3.63) is 54.4 Å². The van der Waals surface area contributed by atoms with Crippen molar-refractivity contribution in [1.82, 2.24) is 29.4 Å². The first-order valence-corrected chi connectivity index (χ1v) is 13.0. The van der Waals surface area contributed by atoms with Crippen LogP contribution in [-0.2, 0) is 11.2 Å². The summed E-state index contributed by atoms with van der Waals surface area (Å²) in [5, 5.41) is 19.8. The molecule has 1 N–H and O–H groups in total. The van der Waals surface area contributed by atoms with Crippen molar-refractivity contribution in [1.29, 1.82) is 0 Å². The molecule has 3 aromatic heterocycles. The molecule has 0 unspecified atom stereocenters. The molecule has 0 radical (unpaired) electrons. The van der Waals surface area contributed by atoms with Crippen molar-refractivity contribution in [3.63, 3.8) is 0 Å². The maximum atomic E-state index is 11.2. The molecule has 1 aromatic carbocycles. The van der Waals surface area contributed by atoms with E-state index >= 15 is 0 Å². The van der Waals surface area contributed by atoms with Gasteiger partial charge < -0.3 is 19.6 Å². The average molecular weight is 502 g/mol. The van der Waals surface area contributed by atoms with Crippen LogP contribution < -0.4 is 4.90 Å². The molecule has 2 aliphatic rings. The van der Waals surface area contributed by atoms with E-state index in [0.717, 1.165) is 72.0 Å². The second-order valence-electron chi connectivity index (χ2n) is 9.56. The van der Waals surface area contributed by atoms with Crippen molar-refractivity contribution < 1.29 is 14.6 Å². The molecule has 2 saturated heterocycles. The fraction of sp³-hybridized carbons (Fsp3) is 0.407. The number of pyridine rings is 1. The number of piperazine rings is 1. The Morgan fingerprint density at radius 2 is 1.73 bits per heavy atom. The van der Waals surface area contributed by atoms with Crippen molar-refractivity contribution in [2.24, 2.45) is 0 Å². The molecule has 0 atom stereocenters. The van der Waals surface area contributed by atoms with Crippen LogP contribution in [0.15, 0.2) is 48.7 Å². The molecular weight excluding hydrogens is 470 g/mol. The number of carbonyl (C=O) groups is 1. The lowest BCUT2D eigenvalue weighted by Crippen LogP contribution is -2.48. The Kier molecular flexibility index (Phi) is 6.25. The van der Waals surface area contributed by atoms with Crippen LogP contribution in [0, 0.1) is 0 Å². The maximum Gasteiger partial charge on any atom is 0.407 e. The SMILES string of the molecule is CCc1nn(C2CCOCC2)c2nc(-c3ccnn3-c3ccc(N4CCN(C(=O)O)CC4)cc3)ccc12. The van der Waals surface area contributed by atoms with Gasteiger partial charge in [-0.05, 0) is 61.7 Å². The Bertz CT molecular complexity index is 1400. The van der Waals surface area contributed by atoms with Gasteiger partial charge in [-0.15, -0.1) is 0 Å². The van der Waals surface area contributed by atoms with Crippen molar-refractivity contribution in [3.8, 4) is 17.1 Å². The third-order valence-electron chi connectivity index (χ3n) is 7.42.